The lowest BCUT2D eigenvalue weighted by atomic mass is 9.97. The largest absolute Gasteiger partial charge is 0.319 e. The van der Waals surface area contributed by atoms with Crippen LogP contribution in [0.25, 0.3) is 0 Å². The van der Waals surface area contributed by atoms with Gasteiger partial charge in [-0.2, -0.15) is 16.1 Å². The number of nitrogens with one attached hydrogen (secondary N) is 1. The van der Waals surface area contributed by atoms with Gasteiger partial charge in [0.05, 0.1) is 16.6 Å². The van der Waals surface area contributed by atoms with Gasteiger partial charge in [0.25, 0.3) is 0 Å². The number of nitrogens with zero attached hydrogens (tertiary/aromatic N) is 2. The van der Waals surface area contributed by atoms with E-state index in [-0.39, 0.29) is 34.8 Å². The molecule has 1 aromatic carbocycles. The Balaban J connectivity index is 1.84. The summed E-state index contributed by atoms with van der Waals surface area (Å²) in [6.45, 7) is 4.52. The molecule has 1 amide bonds. The summed E-state index contributed by atoms with van der Waals surface area (Å²) in [6.07, 6.45) is 6.23. The Bertz CT molecular complexity index is 1050. The van der Waals surface area contributed by atoms with Crippen molar-refractivity contribution in [2.45, 2.75) is 40.8 Å². The molecule has 0 aliphatic carbocycles. The molecule has 2 aliphatic heterocycles. The lowest BCUT2D eigenvalue weighted by Crippen LogP contribution is -2.59. The zero-order chi connectivity index (χ0) is 22.9. The second kappa shape index (κ2) is 9.22. The van der Waals surface area contributed by atoms with Crippen LogP contribution in [0.15, 0.2) is 46.7 Å². The Kier molecular flexibility index (Phi) is 7.21. The first-order chi connectivity index (χ1) is 14.6. The monoisotopic (exact) mass is 487 g/mol. The highest BCUT2D eigenvalue weighted by Crippen LogP contribution is 2.36. The molecule has 11 heteroatoms. The molecule has 31 heavy (non-hydrogen) atoms. The van der Waals surface area contributed by atoms with Crippen molar-refractivity contribution in [3.05, 3.63) is 36.9 Å². The van der Waals surface area contributed by atoms with E-state index in [2.05, 4.69) is 11.9 Å². The Morgan fingerprint density at radius 2 is 1.81 bits per heavy atom. The predicted octanol–water partition coefficient (Wildman–Crippen LogP) is 1.31. The molecule has 2 fully saturated rings. The molecule has 0 aromatic heterocycles. The smallest absolute Gasteiger partial charge is 0.244 e. The van der Waals surface area contributed by atoms with E-state index in [0.717, 1.165) is 12.0 Å². The fraction of sp³-hybridized carbons (Fsp3) is 0.550. The number of carbonyl (C=O) groups excluding carboxylic acids is 1. The molecular formula is C20H29N3O5S3. The first-order valence-corrected chi connectivity index (χ1v) is 14.8. The number of piperidine rings is 1. The predicted molar refractivity (Wildman–Crippen MR) is 122 cm³/mol. The molecule has 172 valence electrons. The van der Waals surface area contributed by atoms with Gasteiger partial charge in [-0.15, -0.1) is 6.58 Å². The van der Waals surface area contributed by atoms with Crippen LogP contribution in [-0.2, 0) is 24.7 Å². The first-order valence-electron chi connectivity index (χ1n) is 10.0. The van der Waals surface area contributed by atoms with Crippen LogP contribution < -0.4 is 5.32 Å². The van der Waals surface area contributed by atoms with Crippen molar-refractivity contribution in [2.24, 2.45) is 0 Å². The average molecular weight is 488 g/mol. The molecule has 0 saturated carbocycles. The van der Waals surface area contributed by atoms with Crippen molar-refractivity contribution in [1.82, 2.24) is 14.5 Å². The van der Waals surface area contributed by atoms with Crippen LogP contribution in [0.2, 0.25) is 0 Å². The highest BCUT2D eigenvalue weighted by molar-refractivity contribution is 7.98. The summed E-state index contributed by atoms with van der Waals surface area (Å²) in [5.74, 6) is 0.872. The molecule has 1 unspecified atom stereocenters. The molecule has 1 atom stereocenters. The van der Waals surface area contributed by atoms with Crippen LogP contribution in [0.5, 0.6) is 0 Å². The lowest BCUT2D eigenvalue weighted by Gasteiger charge is -2.44. The molecular weight excluding hydrogens is 458 g/mol. The standard InChI is InChI=1S/C20H29N3O5S3/c1-4-12-23-19(24)16(9-15-29-2)21-20(23)10-13-22(14-11-20)31(27,28)18-8-6-5-7-17(18)30(3,25)26/h4-8,16,21H,1,9-15H2,2-3H3. The van der Waals surface area contributed by atoms with Gasteiger partial charge >= 0.3 is 0 Å². The summed E-state index contributed by atoms with van der Waals surface area (Å²) < 4.78 is 52.1. The topological polar surface area (TPSA) is 104 Å². The van der Waals surface area contributed by atoms with Gasteiger partial charge < -0.3 is 4.90 Å². The molecule has 3 rings (SSSR count). The maximum atomic E-state index is 13.3. The summed E-state index contributed by atoms with van der Waals surface area (Å²) in [6, 6.07) is 5.38. The van der Waals surface area contributed by atoms with E-state index in [1.54, 1.807) is 22.7 Å². The number of hydrogen-bond donors (Lipinski definition) is 1. The Labute approximate surface area is 189 Å². The highest BCUT2D eigenvalue weighted by Gasteiger charge is 2.51. The van der Waals surface area contributed by atoms with Crippen LogP contribution in [0.1, 0.15) is 19.3 Å². The van der Waals surface area contributed by atoms with E-state index in [1.165, 1.54) is 28.6 Å². The third-order valence-corrected chi connectivity index (χ3v) is 9.75. The average Bonchev–Trinajstić information content (AvgIpc) is 2.97. The number of hydrogen-bond acceptors (Lipinski definition) is 7. The molecule has 1 spiro atoms. The lowest BCUT2D eigenvalue weighted by molar-refractivity contribution is -0.132. The number of thioether (sulfide) groups is 1. The number of carbonyl (C=O) groups is 1. The minimum Gasteiger partial charge on any atom is -0.319 e. The second-order valence-electron chi connectivity index (χ2n) is 7.87. The van der Waals surface area contributed by atoms with Gasteiger partial charge in [0, 0.05) is 25.9 Å². The fourth-order valence-corrected chi connectivity index (χ4v) is 7.82. The molecule has 0 radical (unpaired) electrons. The van der Waals surface area contributed by atoms with Crippen molar-refractivity contribution in [3.8, 4) is 0 Å². The zero-order valence-corrected chi connectivity index (χ0v) is 20.2. The minimum absolute atomic E-state index is 0.0210. The van der Waals surface area contributed by atoms with E-state index >= 15 is 0 Å². The van der Waals surface area contributed by atoms with Crippen LogP contribution in [-0.4, -0.2) is 81.6 Å². The molecule has 2 saturated heterocycles. The number of amides is 1. The van der Waals surface area contributed by atoms with E-state index in [0.29, 0.717) is 25.8 Å². The first kappa shape index (κ1) is 24.2. The Hall–Kier alpha value is -1.40. The van der Waals surface area contributed by atoms with Gasteiger partial charge in [-0.05, 0) is 43.4 Å². The van der Waals surface area contributed by atoms with Gasteiger partial charge in [0.2, 0.25) is 15.9 Å². The van der Waals surface area contributed by atoms with Crippen LogP contribution >= 0.6 is 11.8 Å². The molecule has 2 aliphatic rings. The molecule has 0 bridgehead atoms. The van der Waals surface area contributed by atoms with Crippen molar-refractivity contribution < 1.29 is 21.6 Å². The Morgan fingerprint density at radius 1 is 1.19 bits per heavy atom. The van der Waals surface area contributed by atoms with E-state index < -0.39 is 25.5 Å². The maximum Gasteiger partial charge on any atom is 0.244 e. The fourth-order valence-electron chi connectivity index (χ4n) is 4.31. The summed E-state index contributed by atoms with van der Waals surface area (Å²) in [5.41, 5.74) is -0.614. The summed E-state index contributed by atoms with van der Waals surface area (Å²) >= 11 is 1.68. The van der Waals surface area contributed by atoms with Gasteiger partial charge in [-0.1, -0.05) is 18.2 Å². The third-order valence-electron chi connectivity index (χ3n) is 5.86. The number of sulfonamides is 1. The molecule has 1 aromatic rings. The second-order valence-corrected chi connectivity index (χ2v) is 12.7. The van der Waals surface area contributed by atoms with E-state index in [1.807, 2.05) is 6.26 Å². The SMILES string of the molecule is C=CCN1C(=O)C(CCSC)NC12CCN(S(=O)(=O)c1ccccc1S(C)(=O)=O)CC2. The number of rotatable bonds is 8. The van der Waals surface area contributed by atoms with E-state index in [9.17, 15) is 21.6 Å². The molecule has 1 N–H and O–H groups in total. The molecule has 2 heterocycles. The molecule has 8 nitrogen and oxygen atoms in total. The zero-order valence-electron chi connectivity index (χ0n) is 17.8. The van der Waals surface area contributed by atoms with Crippen LogP contribution in [0.4, 0.5) is 0 Å². The number of benzene rings is 1. The van der Waals surface area contributed by atoms with Crippen molar-refractivity contribution in [2.75, 3.05) is 37.9 Å². The van der Waals surface area contributed by atoms with Crippen molar-refractivity contribution >= 4 is 37.5 Å². The quantitative estimate of drug-likeness (QED) is 0.552. The Morgan fingerprint density at radius 3 is 2.35 bits per heavy atom. The number of sulfone groups is 1. The van der Waals surface area contributed by atoms with E-state index in [4.69, 9.17) is 0 Å². The summed E-state index contributed by atoms with van der Waals surface area (Å²) in [5, 5.41) is 3.47. The summed E-state index contributed by atoms with van der Waals surface area (Å²) in [7, 11) is -7.69. The van der Waals surface area contributed by atoms with Gasteiger partial charge in [-0.25, -0.2) is 16.8 Å². The van der Waals surface area contributed by atoms with Gasteiger partial charge in [0.15, 0.2) is 9.84 Å². The maximum absolute atomic E-state index is 13.3. The van der Waals surface area contributed by atoms with Crippen LogP contribution in [0, 0.1) is 0 Å². The third kappa shape index (κ3) is 4.70. The van der Waals surface area contributed by atoms with Crippen molar-refractivity contribution in [1.29, 1.82) is 0 Å². The summed E-state index contributed by atoms with van der Waals surface area (Å²) in [4.78, 5) is 14.3. The van der Waals surface area contributed by atoms with Gasteiger partial charge in [-0.3, -0.25) is 10.1 Å². The van der Waals surface area contributed by atoms with Crippen LogP contribution in [0.3, 0.4) is 0 Å². The van der Waals surface area contributed by atoms with Crippen molar-refractivity contribution in [3.63, 3.8) is 0 Å². The highest BCUT2D eigenvalue weighted by atomic mass is 32.2. The van der Waals surface area contributed by atoms with Gasteiger partial charge in [0.1, 0.15) is 4.90 Å². The normalized spacial score (nSPS) is 22.2. The minimum atomic E-state index is -3.99.